The Morgan fingerprint density at radius 3 is 1.60 bits per heavy atom. The number of aromatic carboxylic acids is 6. The summed E-state index contributed by atoms with van der Waals surface area (Å²) in [4.78, 5) is 67.1. The van der Waals surface area contributed by atoms with Gasteiger partial charge in [0.05, 0.1) is 33.4 Å². The van der Waals surface area contributed by atoms with Crippen LogP contribution < -0.4 is 0 Å². The van der Waals surface area contributed by atoms with Gasteiger partial charge in [-0.3, -0.25) is 0 Å². The zero-order chi connectivity index (χ0) is 35.1. The molecular weight excluding hydrogens is 632 g/mol. The summed E-state index contributed by atoms with van der Waals surface area (Å²) >= 11 is 0. The highest BCUT2D eigenvalue weighted by Gasteiger charge is 2.22. The maximum Gasteiger partial charge on any atom is 0.336 e. The summed E-state index contributed by atoms with van der Waals surface area (Å²) in [6.07, 6.45) is 0.0191. The van der Waals surface area contributed by atoms with E-state index >= 15 is 0 Å². The van der Waals surface area contributed by atoms with Gasteiger partial charge < -0.3 is 35.1 Å². The molecule has 5 aromatic rings. The van der Waals surface area contributed by atoms with Crippen LogP contribution in [0.2, 0.25) is 0 Å². The van der Waals surface area contributed by atoms with Gasteiger partial charge in [-0.1, -0.05) is 36.4 Å². The number of carboxylic acid groups (broad SMARTS) is 6. The molecule has 0 aliphatic rings. The lowest BCUT2D eigenvalue weighted by Crippen LogP contribution is -2.12. The zero-order valence-electron chi connectivity index (χ0n) is 24.2. The number of nitrogens with zero attached hydrogens (tertiary/aromatic N) is 2. The van der Waals surface area contributed by atoms with Crippen molar-refractivity contribution in [3.05, 3.63) is 129 Å². The summed E-state index contributed by atoms with van der Waals surface area (Å²) in [5.41, 5.74) is -0.0579. The van der Waals surface area contributed by atoms with Crippen LogP contribution in [0.15, 0.2) is 89.3 Å². The van der Waals surface area contributed by atoms with Crippen LogP contribution in [0.5, 0.6) is 0 Å². The molecule has 15 heteroatoms. The Morgan fingerprint density at radius 2 is 1.02 bits per heavy atom. The number of aromatic nitrogens is 2. The molecule has 0 unspecified atom stereocenters. The summed E-state index contributed by atoms with van der Waals surface area (Å²) in [5.74, 6) is -7.69. The van der Waals surface area contributed by atoms with Crippen molar-refractivity contribution in [2.45, 2.75) is 6.42 Å². The maximum atomic E-state index is 11.4. The first-order valence-electron chi connectivity index (χ1n) is 13.5. The highest BCUT2D eigenvalue weighted by atomic mass is 16.4. The van der Waals surface area contributed by atoms with Gasteiger partial charge in [0.1, 0.15) is 0 Å². The number of hydrogen-bond donors (Lipinski definition) is 6. The Kier molecular flexibility index (Phi) is 10.0. The minimum Gasteiger partial charge on any atom is -0.478 e. The lowest BCUT2D eigenvalue weighted by molar-refractivity contribution is 0.0650. The molecular formula is C33H22N2O13. The van der Waals surface area contributed by atoms with E-state index in [-0.39, 0.29) is 57.1 Å². The predicted octanol–water partition coefficient (Wildman–Crippen LogP) is 4.87. The van der Waals surface area contributed by atoms with E-state index in [1.54, 1.807) is 24.3 Å². The first-order valence-corrected chi connectivity index (χ1v) is 13.5. The third-order valence-corrected chi connectivity index (χ3v) is 6.73. The monoisotopic (exact) mass is 654 g/mol. The zero-order valence-corrected chi connectivity index (χ0v) is 24.2. The van der Waals surface area contributed by atoms with Crippen LogP contribution in [0.1, 0.15) is 73.3 Å². The van der Waals surface area contributed by atoms with Gasteiger partial charge in [-0.2, -0.15) is 0 Å². The van der Waals surface area contributed by atoms with E-state index in [0.717, 1.165) is 12.1 Å². The van der Waals surface area contributed by atoms with Crippen molar-refractivity contribution in [3.8, 4) is 22.9 Å². The highest BCUT2D eigenvalue weighted by molar-refractivity contribution is 6.03. The Hall–Kier alpha value is -7.16. The van der Waals surface area contributed by atoms with E-state index in [4.69, 9.17) is 29.9 Å². The van der Waals surface area contributed by atoms with E-state index in [1.807, 2.05) is 0 Å². The molecule has 0 atom stereocenters. The number of carboxylic acids is 6. The topological polar surface area (TPSA) is 263 Å². The van der Waals surface area contributed by atoms with Crippen molar-refractivity contribution in [2.75, 3.05) is 0 Å². The Labute approximate surface area is 268 Å². The summed E-state index contributed by atoms with van der Waals surface area (Å²) in [6, 6.07) is 19.8. The van der Waals surface area contributed by atoms with Gasteiger partial charge in [-0.25, -0.2) is 28.8 Å². The fourth-order valence-electron chi connectivity index (χ4n) is 4.55. The average molecular weight is 655 g/mol. The molecule has 0 aliphatic heterocycles. The van der Waals surface area contributed by atoms with Crippen molar-refractivity contribution in [1.29, 1.82) is 0 Å². The van der Waals surface area contributed by atoms with Crippen LogP contribution in [0.4, 0.5) is 0 Å². The van der Waals surface area contributed by atoms with E-state index < -0.39 is 41.4 Å². The van der Waals surface area contributed by atoms with Crippen LogP contribution in [0.3, 0.4) is 0 Å². The van der Waals surface area contributed by atoms with Gasteiger partial charge in [0, 0.05) is 11.1 Å². The molecule has 242 valence electrons. The van der Waals surface area contributed by atoms with Gasteiger partial charge in [-0.15, -0.1) is 10.2 Å². The second-order valence-corrected chi connectivity index (χ2v) is 9.76. The third kappa shape index (κ3) is 7.55. The van der Waals surface area contributed by atoms with E-state index in [2.05, 4.69) is 10.2 Å². The first kappa shape index (κ1) is 33.7. The van der Waals surface area contributed by atoms with Crippen molar-refractivity contribution in [3.63, 3.8) is 0 Å². The maximum absolute atomic E-state index is 11.4. The van der Waals surface area contributed by atoms with Gasteiger partial charge in [-0.05, 0) is 66.1 Å². The lowest BCUT2D eigenvalue weighted by Gasteiger charge is -2.11. The third-order valence-electron chi connectivity index (χ3n) is 6.73. The SMILES string of the molecule is O=C(O)c1cccc(-c2nnc(-c3ccc(C(=O)O)c(C(=O)O)c3)o2)c1.O=C(O)c1ccccc1Cc1cccc(C(=O)O)c1C(=O)O. The molecule has 1 aromatic heterocycles. The number of hydrogen-bond acceptors (Lipinski definition) is 9. The fraction of sp³-hybridized carbons (Fsp3) is 0.0303. The molecule has 1 heterocycles. The smallest absolute Gasteiger partial charge is 0.336 e. The molecule has 0 spiro atoms. The Bertz CT molecular complexity index is 2100. The van der Waals surface area contributed by atoms with Crippen LogP contribution in [-0.2, 0) is 6.42 Å². The Balaban J connectivity index is 0.000000220. The molecule has 0 amide bonds. The first-order chi connectivity index (χ1) is 22.8. The minimum absolute atomic E-state index is 0.0191. The van der Waals surface area contributed by atoms with Gasteiger partial charge in [0.15, 0.2) is 0 Å². The van der Waals surface area contributed by atoms with Crippen molar-refractivity contribution in [1.82, 2.24) is 10.2 Å². The summed E-state index contributed by atoms with van der Waals surface area (Å²) < 4.78 is 5.47. The van der Waals surface area contributed by atoms with Crippen molar-refractivity contribution >= 4 is 35.8 Å². The van der Waals surface area contributed by atoms with Crippen LogP contribution in [0.25, 0.3) is 22.9 Å². The molecule has 4 aromatic carbocycles. The fourth-order valence-corrected chi connectivity index (χ4v) is 4.55. The molecule has 0 bridgehead atoms. The van der Waals surface area contributed by atoms with Crippen LogP contribution in [-0.4, -0.2) is 76.7 Å². The van der Waals surface area contributed by atoms with Gasteiger partial charge in [0.2, 0.25) is 11.8 Å². The summed E-state index contributed by atoms with van der Waals surface area (Å²) in [7, 11) is 0. The molecule has 48 heavy (non-hydrogen) atoms. The molecule has 6 N–H and O–H groups in total. The quantitative estimate of drug-likeness (QED) is 0.117. The predicted molar refractivity (Wildman–Crippen MR) is 163 cm³/mol. The standard InChI is InChI=1S/C17H10N2O7.C16H12O6/c20-15(21)10-3-1-2-8(6-10)13-18-19-14(26-13)9-4-5-11(16(22)23)12(7-9)17(24)25;17-14(18)11-6-2-1-4-9(11)8-10-5-3-7-12(15(19)20)13(10)16(21)22/h1-7H,(H,20,21)(H,22,23)(H,24,25);1-7H,8H2,(H,17,18)(H,19,20)(H,21,22). The number of carbonyl (C=O) groups is 6. The molecule has 15 nitrogen and oxygen atoms in total. The van der Waals surface area contributed by atoms with Gasteiger partial charge in [0.25, 0.3) is 0 Å². The second-order valence-electron chi connectivity index (χ2n) is 9.76. The lowest BCUT2D eigenvalue weighted by atomic mass is 9.93. The van der Waals surface area contributed by atoms with Crippen molar-refractivity contribution < 1.29 is 63.8 Å². The molecule has 0 aliphatic carbocycles. The second kappa shape index (κ2) is 14.3. The molecule has 5 rings (SSSR count). The van der Waals surface area contributed by atoms with Crippen molar-refractivity contribution in [2.24, 2.45) is 0 Å². The normalized spacial score (nSPS) is 10.3. The van der Waals surface area contributed by atoms with Gasteiger partial charge >= 0.3 is 35.8 Å². The molecule has 0 saturated carbocycles. The van der Waals surface area contributed by atoms with Crippen LogP contribution >= 0.6 is 0 Å². The summed E-state index contributed by atoms with van der Waals surface area (Å²) in [5, 5.41) is 62.4. The Morgan fingerprint density at radius 1 is 0.479 bits per heavy atom. The molecule has 0 saturated heterocycles. The summed E-state index contributed by atoms with van der Waals surface area (Å²) in [6.45, 7) is 0. The number of rotatable bonds is 10. The molecule has 0 radical (unpaired) electrons. The highest BCUT2D eigenvalue weighted by Crippen LogP contribution is 2.27. The van der Waals surface area contributed by atoms with E-state index in [1.165, 1.54) is 48.5 Å². The van der Waals surface area contributed by atoms with E-state index in [9.17, 15) is 33.9 Å². The number of benzene rings is 4. The average Bonchev–Trinajstić information content (AvgIpc) is 3.55. The molecule has 0 fully saturated rings. The largest absolute Gasteiger partial charge is 0.478 e. The van der Waals surface area contributed by atoms with E-state index in [0.29, 0.717) is 11.1 Å². The van der Waals surface area contributed by atoms with Crippen LogP contribution in [0, 0.1) is 0 Å². The minimum atomic E-state index is -1.40.